The summed E-state index contributed by atoms with van der Waals surface area (Å²) in [6, 6.07) is 14.3. The average Bonchev–Trinajstić information content (AvgIpc) is 3.30. The van der Waals surface area contributed by atoms with Gasteiger partial charge < -0.3 is 0 Å². The van der Waals surface area contributed by atoms with Crippen LogP contribution in [-0.4, -0.2) is 30.0 Å². The Morgan fingerprint density at radius 2 is 2.00 bits per heavy atom. The van der Waals surface area contributed by atoms with Crippen LogP contribution in [0, 0.1) is 6.92 Å². The van der Waals surface area contributed by atoms with Gasteiger partial charge in [0.15, 0.2) is 5.82 Å². The molecule has 0 aliphatic heterocycles. The molecule has 0 amide bonds. The second-order valence-electron chi connectivity index (χ2n) is 5.61. The Hall–Kier alpha value is -3.06. The maximum atomic E-state index is 4.73. The molecular weight excluding hydrogens is 320 g/mol. The maximum Gasteiger partial charge on any atom is 0.235 e. The second kappa shape index (κ2) is 4.97. The highest BCUT2D eigenvalue weighted by atomic mass is 32.1. The van der Waals surface area contributed by atoms with Crippen LogP contribution in [0.25, 0.3) is 37.8 Å². The smallest absolute Gasteiger partial charge is 0.235 e. The second-order valence-corrected chi connectivity index (χ2v) is 6.57. The summed E-state index contributed by atoms with van der Waals surface area (Å²) in [5.74, 6) is 0.773. The van der Waals surface area contributed by atoms with Gasteiger partial charge in [-0.15, -0.1) is 10.2 Å². The molecule has 0 unspecified atom stereocenters. The molecule has 7 heteroatoms. The normalized spacial score (nSPS) is 11.5. The van der Waals surface area contributed by atoms with Crippen LogP contribution in [0.5, 0.6) is 0 Å². The lowest BCUT2D eigenvalue weighted by molar-refractivity contribution is 0.969. The predicted octanol–water partition coefficient (Wildman–Crippen LogP) is 3.70. The number of fused-ring (bicyclic) bond motifs is 2. The van der Waals surface area contributed by atoms with E-state index >= 15 is 0 Å². The average molecular weight is 332 g/mol. The third kappa shape index (κ3) is 1.95. The molecular formula is C17H12N6S. The van der Waals surface area contributed by atoms with E-state index in [2.05, 4.69) is 39.5 Å². The van der Waals surface area contributed by atoms with Crippen LogP contribution in [-0.2, 0) is 0 Å². The van der Waals surface area contributed by atoms with Crippen molar-refractivity contribution in [3.8, 4) is 22.0 Å². The third-order valence-corrected chi connectivity index (χ3v) is 5.01. The third-order valence-electron chi connectivity index (χ3n) is 4.06. The molecule has 116 valence electrons. The van der Waals surface area contributed by atoms with Crippen molar-refractivity contribution in [2.24, 2.45) is 0 Å². The number of aromatic nitrogens is 6. The number of hydrogen-bond acceptors (Lipinski definition) is 5. The molecule has 0 aliphatic rings. The monoisotopic (exact) mass is 332 g/mol. The van der Waals surface area contributed by atoms with Gasteiger partial charge in [-0.1, -0.05) is 35.6 Å². The molecule has 6 nitrogen and oxygen atoms in total. The van der Waals surface area contributed by atoms with Gasteiger partial charge in [0.2, 0.25) is 4.96 Å². The topological polar surface area (TPSA) is 71.8 Å². The summed E-state index contributed by atoms with van der Waals surface area (Å²) in [6.45, 7) is 2.07. The van der Waals surface area contributed by atoms with Crippen molar-refractivity contribution in [2.75, 3.05) is 0 Å². The standard InChI is InChI=1S/C17H12N6S/c1-10-4-2-3-5-13(10)15-20-21-17-23(15)22-16(24-17)11-6-7-14-12(8-11)9-18-19-14/h2-9H,1H3,(H,18,19). The largest absolute Gasteiger partial charge is 0.278 e. The molecule has 0 aliphatic carbocycles. The van der Waals surface area contributed by atoms with E-state index in [1.165, 1.54) is 11.3 Å². The summed E-state index contributed by atoms with van der Waals surface area (Å²) in [5.41, 5.74) is 4.27. The molecule has 1 N–H and O–H groups in total. The summed E-state index contributed by atoms with van der Waals surface area (Å²) in [4.78, 5) is 0.788. The highest BCUT2D eigenvalue weighted by Gasteiger charge is 2.15. The SMILES string of the molecule is Cc1ccccc1-c1nnc2sc(-c3ccc4[nH]ncc4c3)nn12. The van der Waals surface area contributed by atoms with Gasteiger partial charge >= 0.3 is 0 Å². The van der Waals surface area contributed by atoms with E-state index in [-0.39, 0.29) is 0 Å². The van der Waals surface area contributed by atoms with Crippen LogP contribution in [0.2, 0.25) is 0 Å². The Bertz CT molecular complexity index is 1180. The molecule has 0 spiro atoms. The highest BCUT2D eigenvalue weighted by molar-refractivity contribution is 7.19. The number of benzene rings is 2. The number of aryl methyl sites for hydroxylation is 1. The van der Waals surface area contributed by atoms with E-state index in [1.807, 2.05) is 41.0 Å². The number of nitrogens with zero attached hydrogens (tertiary/aromatic N) is 5. The molecule has 24 heavy (non-hydrogen) atoms. The van der Waals surface area contributed by atoms with Crippen LogP contribution in [0.3, 0.4) is 0 Å². The van der Waals surface area contributed by atoms with Gasteiger partial charge in [0.05, 0.1) is 11.7 Å². The first-order valence-electron chi connectivity index (χ1n) is 7.51. The molecule has 0 saturated carbocycles. The summed E-state index contributed by atoms with van der Waals surface area (Å²) in [5, 5.41) is 22.3. The fourth-order valence-corrected chi connectivity index (χ4v) is 3.64. The number of hydrogen-bond donors (Lipinski definition) is 1. The van der Waals surface area contributed by atoms with Gasteiger partial charge in [0, 0.05) is 16.5 Å². The molecule has 3 heterocycles. The molecule has 5 aromatic rings. The van der Waals surface area contributed by atoms with Crippen molar-refractivity contribution in [1.82, 2.24) is 30.0 Å². The Morgan fingerprint density at radius 3 is 2.92 bits per heavy atom. The van der Waals surface area contributed by atoms with Crippen molar-refractivity contribution in [1.29, 1.82) is 0 Å². The Morgan fingerprint density at radius 1 is 1.08 bits per heavy atom. The molecule has 0 bridgehead atoms. The molecule has 0 radical (unpaired) electrons. The Labute approximate surface area is 140 Å². The molecule has 0 saturated heterocycles. The fraction of sp³-hybridized carbons (Fsp3) is 0.0588. The summed E-state index contributed by atoms with van der Waals surface area (Å²) >= 11 is 1.53. The van der Waals surface area contributed by atoms with Crippen molar-refractivity contribution in [2.45, 2.75) is 6.92 Å². The first-order chi connectivity index (χ1) is 11.8. The van der Waals surface area contributed by atoms with Crippen molar-refractivity contribution in [3.05, 3.63) is 54.2 Å². The first kappa shape index (κ1) is 13.4. The predicted molar refractivity (Wildman–Crippen MR) is 93.9 cm³/mol. The van der Waals surface area contributed by atoms with Gasteiger partial charge in [0.1, 0.15) is 5.01 Å². The number of rotatable bonds is 2. The lowest BCUT2D eigenvalue weighted by Gasteiger charge is -2.01. The first-order valence-corrected chi connectivity index (χ1v) is 8.33. The van der Waals surface area contributed by atoms with Gasteiger partial charge in [-0.2, -0.15) is 14.7 Å². The zero-order valence-electron chi connectivity index (χ0n) is 12.8. The van der Waals surface area contributed by atoms with E-state index in [0.29, 0.717) is 0 Å². The Kier molecular flexibility index (Phi) is 2.77. The summed E-state index contributed by atoms with van der Waals surface area (Å²) in [6.07, 6.45) is 1.82. The summed E-state index contributed by atoms with van der Waals surface area (Å²) in [7, 11) is 0. The van der Waals surface area contributed by atoms with Crippen molar-refractivity contribution < 1.29 is 0 Å². The zero-order chi connectivity index (χ0) is 16.1. The molecule has 3 aromatic heterocycles. The highest BCUT2D eigenvalue weighted by Crippen LogP contribution is 2.30. The van der Waals surface area contributed by atoms with E-state index in [9.17, 15) is 0 Å². The number of nitrogens with one attached hydrogen (secondary N) is 1. The fourth-order valence-electron chi connectivity index (χ4n) is 2.80. The van der Waals surface area contributed by atoms with Crippen LogP contribution in [0.1, 0.15) is 5.56 Å². The van der Waals surface area contributed by atoms with E-state index in [4.69, 9.17) is 5.10 Å². The number of H-pyrrole nitrogens is 1. The molecule has 0 fully saturated rings. The van der Waals surface area contributed by atoms with Crippen LogP contribution in [0.15, 0.2) is 48.7 Å². The van der Waals surface area contributed by atoms with Crippen LogP contribution < -0.4 is 0 Å². The van der Waals surface area contributed by atoms with Crippen molar-refractivity contribution in [3.63, 3.8) is 0 Å². The van der Waals surface area contributed by atoms with E-state index in [0.717, 1.165) is 43.4 Å². The lowest BCUT2D eigenvalue weighted by Crippen LogP contribution is -1.92. The minimum Gasteiger partial charge on any atom is -0.278 e. The quantitative estimate of drug-likeness (QED) is 0.535. The minimum atomic E-state index is 0.773. The van der Waals surface area contributed by atoms with E-state index < -0.39 is 0 Å². The maximum absolute atomic E-state index is 4.73. The van der Waals surface area contributed by atoms with Crippen LogP contribution in [0.4, 0.5) is 0 Å². The lowest BCUT2D eigenvalue weighted by atomic mass is 10.1. The molecule has 5 rings (SSSR count). The zero-order valence-corrected chi connectivity index (χ0v) is 13.6. The minimum absolute atomic E-state index is 0.773. The van der Waals surface area contributed by atoms with Crippen LogP contribution >= 0.6 is 11.3 Å². The van der Waals surface area contributed by atoms with Crippen molar-refractivity contribution >= 4 is 27.2 Å². The van der Waals surface area contributed by atoms with Gasteiger partial charge in [0.25, 0.3) is 0 Å². The van der Waals surface area contributed by atoms with Gasteiger partial charge in [-0.05, 0) is 30.7 Å². The Balaban J connectivity index is 1.68. The number of aromatic amines is 1. The van der Waals surface area contributed by atoms with E-state index in [1.54, 1.807) is 0 Å². The summed E-state index contributed by atoms with van der Waals surface area (Å²) < 4.78 is 1.82. The van der Waals surface area contributed by atoms with Gasteiger partial charge in [-0.3, -0.25) is 5.10 Å². The van der Waals surface area contributed by atoms with Gasteiger partial charge in [-0.25, -0.2) is 0 Å². The molecule has 2 aromatic carbocycles. The molecule has 0 atom stereocenters.